The summed E-state index contributed by atoms with van der Waals surface area (Å²) in [5.74, 6) is 0.218. The number of carbonyl (C=O) groups is 1. The van der Waals surface area contributed by atoms with Gasteiger partial charge in [-0.05, 0) is 24.6 Å². The van der Waals surface area contributed by atoms with Gasteiger partial charge in [-0.25, -0.2) is 0 Å². The standard InChI is InChI=1S/C17H24ClN3O2/c1-13-2-3-14(18)10-16(13)20-5-7-21(8-6-20)17(22)11-15-12-23-9-4-19-15/h2-3,10,15,19H,4-9,11-12H2,1H3. The minimum Gasteiger partial charge on any atom is -0.378 e. The Hall–Kier alpha value is -1.30. The van der Waals surface area contributed by atoms with Crippen molar-refractivity contribution in [3.05, 3.63) is 28.8 Å². The molecule has 0 aliphatic carbocycles. The van der Waals surface area contributed by atoms with Crippen LogP contribution in [0.25, 0.3) is 0 Å². The highest BCUT2D eigenvalue weighted by Crippen LogP contribution is 2.25. The lowest BCUT2D eigenvalue weighted by molar-refractivity contribution is -0.132. The van der Waals surface area contributed by atoms with E-state index in [0.29, 0.717) is 13.0 Å². The molecule has 1 amide bonds. The second kappa shape index (κ2) is 7.51. The molecule has 0 spiro atoms. The fourth-order valence-electron chi connectivity index (χ4n) is 3.21. The number of morpholine rings is 1. The normalized spacial score (nSPS) is 22.3. The van der Waals surface area contributed by atoms with Crippen LogP contribution in [-0.4, -0.2) is 62.8 Å². The van der Waals surface area contributed by atoms with Crippen molar-refractivity contribution in [3.63, 3.8) is 0 Å². The number of aryl methyl sites for hydroxylation is 1. The summed E-state index contributed by atoms with van der Waals surface area (Å²) < 4.78 is 5.42. The number of rotatable bonds is 3. The summed E-state index contributed by atoms with van der Waals surface area (Å²) in [5, 5.41) is 4.10. The second-order valence-electron chi connectivity index (χ2n) is 6.23. The molecule has 2 saturated heterocycles. The van der Waals surface area contributed by atoms with Crippen LogP contribution in [0, 0.1) is 6.92 Å². The summed E-state index contributed by atoms with van der Waals surface area (Å²) in [4.78, 5) is 16.7. The highest BCUT2D eigenvalue weighted by molar-refractivity contribution is 6.30. The number of hydrogen-bond donors (Lipinski definition) is 1. The smallest absolute Gasteiger partial charge is 0.224 e. The molecule has 1 atom stereocenters. The molecule has 5 nitrogen and oxygen atoms in total. The van der Waals surface area contributed by atoms with Crippen LogP contribution >= 0.6 is 11.6 Å². The minimum atomic E-state index is 0.157. The summed E-state index contributed by atoms with van der Waals surface area (Å²) in [6, 6.07) is 6.13. The zero-order chi connectivity index (χ0) is 16.2. The first-order valence-electron chi connectivity index (χ1n) is 8.23. The molecule has 3 rings (SSSR count). The van der Waals surface area contributed by atoms with Gasteiger partial charge in [0.25, 0.3) is 0 Å². The van der Waals surface area contributed by atoms with Crippen molar-refractivity contribution in [2.24, 2.45) is 0 Å². The Balaban J connectivity index is 1.53. The van der Waals surface area contributed by atoms with Crippen LogP contribution in [0.4, 0.5) is 5.69 Å². The lowest BCUT2D eigenvalue weighted by Crippen LogP contribution is -2.51. The highest BCUT2D eigenvalue weighted by Gasteiger charge is 2.25. The molecule has 2 aliphatic rings. The Morgan fingerprint density at radius 2 is 2.13 bits per heavy atom. The van der Waals surface area contributed by atoms with Crippen molar-refractivity contribution in [1.82, 2.24) is 10.2 Å². The molecule has 1 N–H and O–H groups in total. The first kappa shape index (κ1) is 16.6. The maximum absolute atomic E-state index is 12.4. The molecule has 0 bridgehead atoms. The van der Waals surface area contributed by atoms with Crippen LogP contribution < -0.4 is 10.2 Å². The second-order valence-corrected chi connectivity index (χ2v) is 6.67. The van der Waals surface area contributed by atoms with Crippen molar-refractivity contribution < 1.29 is 9.53 Å². The quantitative estimate of drug-likeness (QED) is 0.911. The van der Waals surface area contributed by atoms with Crippen molar-refractivity contribution in [2.75, 3.05) is 50.8 Å². The number of nitrogens with one attached hydrogen (secondary N) is 1. The van der Waals surface area contributed by atoms with Crippen molar-refractivity contribution in [3.8, 4) is 0 Å². The zero-order valence-electron chi connectivity index (χ0n) is 13.6. The molecular weight excluding hydrogens is 314 g/mol. The van der Waals surface area contributed by atoms with Gasteiger partial charge in [-0.3, -0.25) is 4.79 Å². The Morgan fingerprint density at radius 1 is 1.35 bits per heavy atom. The number of carbonyl (C=O) groups excluding carboxylic acids is 1. The third kappa shape index (κ3) is 4.16. The van der Waals surface area contributed by atoms with Crippen LogP contribution in [0.3, 0.4) is 0 Å². The molecule has 126 valence electrons. The number of anilines is 1. The van der Waals surface area contributed by atoms with Gasteiger partial charge in [0.2, 0.25) is 5.91 Å². The van der Waals surface area contributed by atoms with Crippen LogP contribution in [0.15, 0.2) is 18.2 Å². The maximum atomic E-state index is 12.4. The summed E-state index contributed by atoms with van der Waals surface area (Å²) in [5.41, 5.74) is 2.39. The Kier molecular flexibility index (Phi) is 5.41. The van der Waals surface area contributed by atoms with Gasteiger partial charge in [0.05, 0.1) is 13.2 Å². The number of hydrogen-bond acceptors (Lipinski definition) is 4. The highest BCUT2D eigenvalue weighted by atomic mass is 35.5. The molecule has 1 aromatic carbocycles. The third-order valence-corrected chi connectivity index (χ3v) is 4.80. The largest absolute Gasteiger partial charge is 0.378 e. The average molecular weight is 338 g/mol. The number of halogens is 1. The molecule has 2 heterocycles. The maximum Gasteiger partial charge on any atom is 0.224 e. The van der Waals surface area contributed by atoms with E-state index in [2.05, 4.69) is 17.1 Å². The van der Waals surface area contributed by atoms with Gasteiger partial charge >= 0.3 is 0 Å². The number of nitrogens with zero attached hydrogens (tertiary/aromatic N) is 2. The topological polar surface area (TPSA) is 44.8 Å². The van der Waals surface area contributed by atoms with E-state index in [1.165, 1.54) is 11.3 Å². The summed E-state index contributed by atoms with van der Waals surface area (Å²) in [6.45, 7) is 7.52. The van der Waals surface area contributed by atoms with E-state index in [-0.39, 0.29) is 11.9 Å². The number of piperazine rings is 1. The van der Waals surface area contributed by atoms with Crippen molar-refractivity contribution >= 4 is 23.2 Å². The van der Waals surface area contributed by atoms with Crippen LogP contribution in [0.2, 0.25) is 5.02 Å². The fraction of sp³-hybridized carbons (Fsp3) is 0.588. The fourth-order valence-corrected chi connectivity index (χ4v) is 3.38. The van der Waals surface area contributed by atoms with E-state index >= 15 is 0 Å². The Morgan fingerprint density at radius 3 is 2.83 bits per heavy atom. The van der Waals surface area contributed by atoms with E-state index in [1.807, 2.05) is 23.1 Å². The molecule has 0 aromatic heterocycles. The predicted molar refractivity (Wildman–Crippen MR) is 92.2 cm³/mol. The first-order valence-corrected chi connectivity index (χ1v) is 8.61. The van der Waals surface area contributed by atoms with Gasteiger partial charge < -0.3 is 19.9 Å². The van der Waals surface area contributed by atoms with Gasteiger partial charge in [0, 0.05) is 55.9 Å². The number of ether oxygens (including phenoxy) is 1. The van der Waals surface area contributed by atoms with E-state index in [0.717, 1.165) is 44.4 Å². The van der Waals surface area contributed by atoms with Crippen LogP contribution in [0.5, 0.6) is 0 Å². The van der Waals surface area contributed by atoms with Gasteiger partial charge in [-0.15, -0.1) is 0 Å². The molecule has 2 aliphatic heterocycles. The summed E-state index contributed by atoms with van der Waals surface area (Å²) in [6.07, 6.45) is 0.524. The SMILES string of the molecule is Cc1ccc(Cl)cc1N1CCN(C(=O)CC2COCCN2)CC1. The van der Waals surface area contributed by atoms with Gasteiger partial charge in [-0.1, -0.05) is 17.7 Å². The molecular formula is C17H24ClN3O2. The molecule has 0 radical (unpaired) electrons. The van der Waals surface area contributed by atoms with E-state index in [9.17, 15) is 4.79 Å². The van der Waals surface area contributed by atoms with E-state index < -0.39 is 0 Å². The molecule has 1 aromatic rings. The molecule has 2 fully saturated rings. The average Bonchev–Trinajstić information content (AvgIpc) is 2.58. The van der Waals surface area contributed by atoms with Crippen LogP contribution in [-0.2, 0) is 9.53 Å². The molecule has 23 heavy (non-hydrogen) atoms. The predicted octanol–water partition coefficient (Wildman–Crippen LogP) is 1.68. The number of benzene rings is 1. The van der Waals surface area contributed by atoms with Gasteiger partial charge in [0.15, 0.2) is 0 Å². The molecule has 1 unspecified atom stereocenters. The zero-order valence-corrected chi connectivity index (χ0v) is 14.3. The van der Waals surface area contributed by atoms with E-state index in [4.69, 9.17) is 16.3 Å². The molecule has 6 heteroatoms. The minimum absolute atomic E-state index is 0.157. The Labute approximate surface area is 142 Å². The van der Waals surface area contributed by atoms with Crippen molar-refractivity contribution in [2.45, 2.75) is 19.4 Å². The Bertz CT molecular complexity index is 553. The monoisotopic (exact) mass is 337 g/mol. The lowest BCUT2D eigenvalue weighted by atomic mass is 10.1. The molecule has 0 saturated carbocycles. The summed E-state index contributed by atoms with van der Waals surface area (Å²) in [7, 11) is 0. The van der Waals surface area contributed by atoms with E-state index in [1.54, 1.807) is 0 Å². The first-order chi connectivity index (χ1) is 11.1. The van der Waals surface area contributed by atoms with Gasteiger partial charge in [-0.2, -0.15) is 0 Å². The van der Waals surface area contributed by atoms with Gasteiger partial charge in [0.1, 0.15) is 0 Å². The van der Waals surface area contributed by atoms with Crippen LogP contribution in [0.1, 0.15) is 12.0 Å². The summed E-state index contributed by atoms with van der Waals surface area (Å²) >= 11 is 6.11. The lowest BCUT2D eigenvalue weighted by Gasteiger charge is -2.37. The number of amides is 1. The van der Waals surface area contributed by atoms with Crippen molar-refractivity contribution in [1.29, 1.82) is 0 Å². The third-order valence-electron chi connectivity index (χ3n) is 4.56.